The molecule has 0 fully saturated rings. The van der Waals surface area contributed by atoms with Crippen LogP contribution in [0.1, 0.15) is 5.56 Å². The average molecular weight is 660 g/mol. The third kappa shape index (κ3) is 5.42. The average Bonchev–Trinajstić information content (AvgIpc) is 2.60. The maximum atomic E-state index is 5.71. The standard InChI is InChI=1S/C17H13BrI2NO2PS/c1-22-17-9-14(15-8-13(18)5-6-16(15)21-17)12-4-2-3-11(7-12)10-23-25-24(19)20/h2-9H,10H2,1H3. The van der Waals surface area contributed by atoms with Crippen molar-refractivity contribution >= 4 is 85.0 Å². The lowest BCUT2D eigenvalue weighted by Crippen LogP contribution is -1.92. The number of hydrogen-bond donors (Lipinski definition) is 0. The Kier molecular flexibility index (Phi) is 7.63. The van der Waals surface area contributed by atoms with Gasteiger partial charge >= 0.3 is 0 Å². The molecular formula is C17H13BrI2NO2PS. The maximum absolute atomic E-state index is 5.71. The Morgan fingerprint density at radius 2 is 2.00 bits per heavy atom. The van der Waals surface area contributed by atoms with E-state index in [-0.39, 0.29) is 2.41 Å². The molecule has 3 nitrogen and oxygen atoms in total. The molecule has 1 aromatic heterocycles. The van der Waals surface area contributed by atoms with E-state index in [0.717, 1.165) is 32.1 Å². The number of methoxy groups -OCH3 is 1. The van der Waals surface area contributed by atoms with Crippen molar-refractivity contribution in [2.75, 3.05) is 7.11 Å². The van der Waals surface area contributed by atoms with Crippen LogP contribution >= 0.6 is 74.1 Å². The third-order valence-corrected chi connectivity index (χ3v) is 7.91. The van der Waals surface area contributed by atoms with Crippen LogP contribution in [0, 0.1) is 0 Å². The summed E-state index contributed by atoms with van der Waals surface area (Å²) in [6, 6.07) is 16.5. The Morgan fingerprint density at radius 3 is 2.76 bits per heavy atom. The summed E-state index contributed by atoms with van der Waals surface area (Å²) < 4.78 is 11.9. The molecule has 1 heterocycles. The van der Waals surface area contributed by atoms with Gasteiger partial charge in [-0.05, 0) is 85.0 Å². The molecule has 3 aromatic rings. The molecule has 2 aromatic carbocycles. The first kappa shape index (κ1) is 20.1. The van der Waals surface area contributed by atoms with Gasteiger partial charge in [-0.3, -0.25) is 0 Å². The molecule has 0 atom stereocenters. The van der Waals surface area contributed by atoms with Gasteiger partial charge in [0.1, 0.15) is 2.41 Å². The normalized spacial score (nSPS) is 11.2. The van der Waals surface area contributed by atoms with Crippen LogP contribution in [0.15, 0.2) is 53.0 Å². The van der Waals surface area contributed by atoms with E-state index in [1.165, 1.54) is 0 Å². The minimum Gasteiger partial charge on any atom is -0.481 e. The van der Waals surface area contributed by atoms with Gasteiger partial charge in [-0.25, -0.2) is 4.98 Å². The van der Waals surface area contributed by atoms with Crippen LogP contribution in [0.2, 0.25) is 0 Å². The number of rotatable bonds is 6. The molecule has 0 bridgehead atoms. The van der Waals surface area contributed by atoms with E-state index in [1.54, 1.807) is 18.8 Å². The predicted molar refractivity (Wildman–Crippen MR) is 129 cm³/mol. The molecule has 0 aliphatic heterocycles. The van der Waals surface area contributed by atoms with Crippen molar-refractivity contribution in [3.63, 3.8) is 0 Å². The molecule has 0 radical (unpaired) electrons. The van der Waals surface area contributed by atoms with Gasteiger partial charge in [0.05, 0.1) is 19.2 Å². The van der Waals surface area contributed by atoms with Crippen LogP contribution in [0.4, 0.5) is 0 Å². The molecular weight excluding hydrogens is 647 g/mol. The van der Waals surface area contributed by atoms with Crippen LogP contribution in [0.25, 0.3) is 22.0 Å². The fraction of sp³-hybridized carbons (Fsp3) is 0.118. The van der Waals surface area contributed by atoms with Crippen molar-refractivity contribution < 1.29 is 8.92 Å². The first-order chi connectivity index (χ1) is 12.1. The van der Waals surface area contributed by atoms with E-state index in [4.69, 9.17) is 8.92 Å². The monoisotopic (exact) mass is 659 g/mol. The van der Waals surface area contributed by atoms with Gasteiger partial charge in [0.25, 0.3) is 0 Å². The number of hydrogen-bond acceptors (Lipinski definition) is 4. The van der Waals surface area contributed by atoms with Gasteiger partial charge in [0, 0.05) is 27.6 Å². The highest BCUT2D eigenvalue weighted by atomic mass is 127. The number of pyridine rings is 1. The van der Waals surface area contributed by atoms with E-state index >= 15 is 0 Å². The molecule has 25 heavy (non-hydrogen) atoms. The highest BCUT2D eigenvalue weighted by molar-refractivity contribution is 14.3. The number of nitrogens with zero attached hydrogens (tertiary/aromatic N) is 1. The van der Waals surface area contributed by atoms with Gasteiger partial charge in [-0.2, -0.15) is 0 Å². The number of benzene rings is 2. The van der Waals surface area contributed by atoms with E-state index in [0.29, 0.717) is 12.5 Å². The summed E-state index contributed by atoms with van der Waals surface area (Å²) in [6.45, 7) is 0.590. The first-order valence-corrected chi connectivity index (χ1v) is 16.3. The molecule has 0 N–H and O–H groups in total. The smallest absolute Gasteiger partial charge is 0.214 e. The molecule has 0 aliphatic rings. The zero-order valence-corrected chi connectivity index (χ0v) is 20.7. The predicted octanol–water partition coefficient (Wildman–Crippen LogP) is 7.93. The topological polar surface area (TPSA) is 31.4 Å². The van der Waals surface area contributed by atoms with E-state index in [1.807, 2.05) is 18.2 Å². The highest BCUT2D eigenvalue weighted by Gasteiger charge is 2.10. The Balaban J connectivity index is 2.02. The second-order valence-electron chi connectivity index (χ2n) is 5.11. The molecule has 0 spiro atoms. The Morgan fingerprint density at radius 1 is 1.16 bits per heavy atom. The lowest BCUT2D eigenvalue weighted by molar-refractivity contribution is 0.370. The van der Waals surface area contributed by atoms with E-state index < -0.39 is 0 Å². The molecule has 130 valence electrons. The van der Waals surface area contributed by atoms with Crippen molar-refractivity contribution in [1.29, 1.82) is 0 Å². The van der Waals surface area contributed by atoms with Crippen molar-refractivity contribution in [1.82, 2.24) is 4.98 Å². The summed E-state index contributed by atoms with van der Waals surface area (Å²) in [6.07, 6.45) is 0. The third-order valence-electron chi connectivity index (χ3n) is 3.53. The lowest BCUT2D eigenvalue weighted by Gasteiger charge is -2.11. The zero-order chi connectivity index (χ0) is 17.8. The molecule has 3 rings (SSSR count). The molecule has 0 amide bonds. The Bertz CT molecular complexity index is 898. The van der Waals surface area contributed by atoms with Crippen LogP contribution < -0.4 is 4.74 Å². The maximum Gasteiger partial charge on any atom is 0.214 e. The van der Waals surface area contributed by atoms with E-state index in [9.17, 15) is 0 Å². The summed E-state index contributed by atoms with van der Waals surface area (Å²) in [4.78, 5) is 4.54. The minimum absolute atomic E-state index is 0.178. The summed E-state index contributed by atoms with van der Waals surface area (Å²) >= 11 is 9.87. The molecule has 0 unspecified atom stereocenters. The highest BCUT2D eigenvalue weighted by Crippen LogP contribution is 2.65. The van der Waals surface area contributed by atoms with Gasteiger partial charge in [-0.15, -0.1) is 0 Å². The molecule has 0 saturated carbocycles. The Hall–Kier alpha value is 0.330. The largest absolute Gasteiger partial charge is 0.481 e. The molecule has 0 saturated heterocycles. The van der Waals surface area contributed by atoms with E-state index in [2.05, 4.69) is 95.3 Å². The quantitative estimate of drug-likeness (QED) is 0.153. The number of fused-ring (bicyclic) bond motifs is 1. The SMILES string of the molecule is COc1cc(-c2cccc(COSP(I)I)c2)c2cc(Br)ccc2n1. The van der Waals surface area contributed by atoms with Crippen molar-refractivity contribution in [2.24, 2.45) is 0 Å². The number of ether oxygens (including phenoxy) is 1. The number of halogens is 3. The fourth-order valence-corrected chi connectivity index (χ4v) is 5.55. The summed E-state index contributed by atoms with van der Waals surface area (Å²) in [7, 11) is 1.64. The van der Waals surface area contributed by atoms with Crippen molar-refractivity contribution in [3.05, 3.63) is 58.6 Å². The van der Waals surface area contributed by atoms with Gasteiger partial charge < -0.3 is 8.92 Å². The fourth-order valence-electron chi connectivity index (χ4n) is 2.48. The lowest BCUT2D eigenvalue weighted by atomic mass is 9.99. The number of aromatic nitrogens is 1. The summed E-state index contributed by atoms with van der Waals surface area (Å²) in [5, 5.41) is 1.09. The molecule has 8 heteroatoms. The first-order valence-electron chi connectivity index (χ1n) is 7.21. The van der Waals surface area contributed by atoms with Gasteiger partial charge in [0.15, 0.2) is 0 Å². The van der Waals surface area contributed by atoms with Gasteiger partial charge in [-0.1, -0.05) is 34.1 Å². The summed E-state index contributed by atoms with van der Waals surface area (Å²) in [5.74, 6) is 0.613. The van der Waals surface area contributed by atoms with Crippen LogP contribution in [-0.2, 0) is 10.8 Å². The Labute approximate surface area is 186 Å². The minimum atomic E-state index is -0.178. The van der Waals surface area contributed by atoms with Crippen LogP contribution in [0.5, 0.6) is 5.88 Å². The zero-order valence-electron chi connectivity index (χ0n) is 13.1. The summed E-state index contributed by atoms with van der Waals surface area (Å²) in [5.41, 5.74) is 4.28. The van der Waals surface area contributed by atoms with Crippen LogP contribution in [0.3, 0.4) is 0 Å². The second kappa shape index (κ2) is 9.50. The second-order valence-corrected chi connectivity index (χ2v) is 23.6. The van der Waals surface area contributed by atoms with Crippen LogP contribution in [-0.4, -0.2) is 12.1 Å². The van der Waals surface area contributed by atoms with Gasteiger partial charge in [0.2, 0.25) is 5.88 Å². The molecule has 0 aliphatic carbocycles. The van der Waals surface area contributed by atoms with Crippen molar-refractivity contribution in [2.45, 2.75) is 6.61 Å². The van der Waals surface area contributed by atoms with Crippen molar-refractivity contribution in [3.8, 4) is 17.0 Å².